The maximum absolute atomic E-state index is 11.3. The van der Waals surface area contributed by atoms with Gasteiger partial charge in [-0.05, 0) is 45.4 Å². The van der Waals surface area contributed by atoms with Gasteiger partial charge >= 0.3 is 6.16 Å². The van der Waals surface area contributed by atoms with Gasteiger partial charge in [0.1, 0.15) is 5.60 Å². The van der Waals surface area contributed by atoms with Crippen molar-refractivity contribution in [1.82, 2.24) is 0 Å². The average Bonchev–Trinajstić information content (AvgIpc) is 2.49. The molecule has 0 saturated carbocycles. The van der Waals surface area contributed by atoms with Crippen LogP contribution in [0.1, 0.15) is 40.0 Å². The summed E-state index contributed by atoms with van der Waals surface area (Å²) in [6.07, 6.45) is 0.727. The fraction of sp³-hybridized carbons (Fsp3) is 0.750. The second kappa shape index (κ2) is 6.22. The van der Waals surface area contributed by atoms with Gasteiger partial charge in [0.2, 0.25) is 0 Å². The Kier molecular flexibility index (Phi) is 5.19. The van der Waals surface area contributed by atoms with E-state index in [0.29, 0.717) is 19.3 Å². The maximum Gasteiger partial charge on any atom is 0.508 e. The number of hydrogen-bond acceptors (Lipinski definition) is 6. The van der Waals surface area contributed by atoms with Crippen LogP contribution in [0, 0.1) is 5.92 Å². The van der Waals surface area contributed by atoms with E-state index in [-0.39, 0.29) is 22.8 Å². The minimum Gasteiger partial charge on any atom is -0.434 e. The van der Waals surface area contributed by atoms with Crippen LogP contribution in [0.2, 0.25) is 0 Å². The van der Waals surface area contributed by atoms with Crippen LogP contribution in [0.5, 0.6) is 0 Å². The first kappa shape index (κ1) is 15.0. The Hall–Kier alpha value is -1.04. The Bertz CT molecular complexity index is 345. The molecule has 0 aromatic rings. The number of ether oxygens (including phenoxy) is 2. The van der Waals surface area contributed by atoms with Gasteiger partial charge in [0, 0.05) is 12.3 Å². The molecule has 102 valence electrons. The smallest absolute Gasteiger partial charge is 0.434 e. The summed E-state index contributed by atoms with van der Waals surface area (Å²) in [5.41, 5.74) is -0.568. The molecule has 0 spiro atoms. The predicted molar refractivity (Wildman–Crippen MR) is 67.1 cm³/mol. The molecule has 1 fully saturated rings. The average molecular weight is 274 g/mol. The molecule has 18 heavy (non-hydrogen) atoms. The van der Waals surface area contributed by atoms with Gasteiger partial charge in [0.05, 0.1) is 6.61 Å². The number of carbonyl (C=O) groups excluding carboxylic acids is 3. The van der Waals surface area contributed by atoms with Crippen molar-refractivity contribution in [2.24, 2.45) is 5.92 Å². The molecule has 0 radical (unpaired) electrons. The van der Waals surface area contributed by atoms with E-state index in [1.807, 2.05) is 0 Å². The third-order valence-corrected chi connectivity index (χ3v) is 3.20. The summed E-state index contributed by atoms with van der Waals surface area (Å²) in [5.74, 6) is -0.218. The SMILES string of the molecule is CC(C)(C)OC(=O)OCCCC1CC(=O)SC1=O. The van der Waals surface area contributed by atoms with E-state index in [0.717, 1.165) is 11.8 Å². The molecule has 0 N–H and O–H groups in total. The molecule has 1 unspecified atom stereocenters. The predicted octanol–water partition coefficient (Wildman–Crippen LogP) is 2.52. The van der Waals surface area contributed by atoms with E-state index < -0.39 is 11.8 Å². The van der Waals surface area contributed by atoms with E-state index in [4.69, 9.17) is 9.47 Å². The van der Waals surface area contributed by atoms with Crippen LogP contribution in [0.15, 0.2) is 0 Å². The molecule has 1 aliphatic heterocycles. The molecule has 1 heterocycles. The maximum atomic E-state index is 11.3. The number of thioether (sulfide) groups is 1. The quantitative estimate of drug-likeness (QED) is 0.579. The van der Waals surface area contributed by atoms with Crippen molar-refractivity contribution in [2.45, 2.75) is 45.6 Å². The first-order valence-electron chi connectivity index (χ1n) is 5.88. The lowest BCUT2D eigenvalue weighted by Crippen LogP contribution is -2.24. The number of hydrogen-bond donors (Lipinski definition) is 0. The second-order valence-electron chi connectivity index (χ2n) is 5.15. The molecular formula is C12H18O5S. The highest BCUT2D eigenvalue weighted by molar-refractivity contribution is 8.26. The van der Waals surface area contributed by atoms with Crippen molar-refractivity contribution in [2.75, 3.05) is 6.61 Å². The Morgan fingerprint density at radius 3 is 2.56 bits per heavy atom. The van der Waals surface area contributed by atoms with Crippen LogP contribution in [0.4, 0.5) is 4.79 Å². The molecule has 0 aliphatic carbocycles. The highest BCUT2D eigenvalue weighted by atomic mass is 32.2. The van der Waals surface area contributed by atoms with Crippen molar-refractivity contribution in [1.29, 1.82) is 0 Å². The third-order valence-electron chi connectivity index (χ3n) is 2.27. The molecule has 1 aliphatic rings. The highest BCUT2D eigenvalue weighted by Crippen LogP contribution is 2.30. The van der Waals surface area contributed by atoms with Crippen LogP contribution < -0.4 is 0 Å². The molecule has 0 aromatic carbocycles. The standard InChI is InChI=1S/C12H18O5S/c1-12(2,3)17-11(15)16-6-4-5-8-7-9(13)18-10(8)14/h8H,4-7H2,1-3H3. The van der Waals surface area contributed by atoms with Gasteiger partial charge in [-0.2, -0.15) is 0 Å². The summed E-state index contributed by atoms with van der Waals surface area (Å²) in [6, 6.07) is 0. The van der Waals surface area contributed by atoms with Crippen LogP contribution in [-0.4, -0.2) is 28.6 Å². The Morgan fingerprint density at radius 2 is 2.06 bits per heavy atom. The first-order valence-corrected chi connectivity index (χ1v) is 6.70. The number of carbonyl (C=O) groups is 3. The molecule has 5 nitrogen and oxygen atoms in total. The van der Waals surface area contributed by atoms with Gasteiger partial charge < -0.3 is 9.47 Å². The molecule has 0 bridgehead atoms. The minimum absolute atomic E-state index is 0.0712. The van der Waals surface area contributed by atoms with Crippen molar-refractivity contribution in [3.05, 3.63) is 0 Å². The highest BCUT2D eigenvalue weighted by Gasteiger charge is 2.31. The van der Waals surface area contributed by atoms with Crippen LogP contribution in [-0.2, 0) is 19.1 Å². The summed E-state index contributed by atoms with van der Waals surface area (Å²) in [7, 11) is 0. The lowest BCUT2D eigenvalue weighted by Gasteiger charge is -2.18. The van der Waals surface area contributed by atoms with Gasteiger partial charge in [-0.3, -0.25) is 9.59 Å². The molecule has 1 saturated heterocycles. The molecule has 1 atom stereocenters. The normalized spacial score (nSPS) is 20.1. The second-order valence-corrected chi connectivity index (χ2v) is 6.21. The summed E-state index contributed by atoms with van der Waals surface area (Å²) < 4.78 is 9.84. The zero-order valence-electron chi connectivity index (χ0n) is 10.9. The van der Waals surface area contributed by atoms with Gasteiger partial charge in [-0.1, -0.05) is 0 Å². The van der Waals surface area contributed by atoms with Gasteiger partial charge in [-0.25, -0.2) is 4.79 Å². The molecule has 1 rings (SSSR count). The summed E-state index contributed by atoms with van der Waals surface area (Å²) in [6.45, 7) is 5.48. The van der Waals surface area contributed by atoms with Crippen LogP contribution in [0.25, 0.3) is 0 Å². The third kappa shape index (κ3) is 5.53. The molecule has 6 heteroatoms. The van der Waals surface area contributed by atoms with Crippen molar-refractivity contribution in [3.63, 3.8) is 0 Å². The van der Waals surface area contributed by atoms with E-state index in [2.05, 4.69) is 0 Å². The van der Waals surface area contributed by atoms with Gasteiger partial charge in [0.15, 0.2) is 10.2 Å². The van der Waals surface area contributed by atoms with E-state index in [1.165, 1.54) is 0 Å². The zero-order valence-corrected chi connectivity index (χ0v) is 11.7. The lowest BCUT2D eigenvalue weighted by atomic mass is 10.0. The van der Waals surface area contributed by atoms with Crippen LogP contribution >= 0.6 is 11.8 Å². The first-order chi connectivity index (χ1) is 8.28. The Labute approximate surface area is 111 Å². The summed E-state index contributed by atoms with van der Waals surface area (Å²) in [4.78, 5) is 33.5. The minimum atomic E-state index is -0.703. The van der Waals surface area contributed by atoms with Crippen molar-refractivity contribution >= 4 is 28.1 Å². The summed E-state index contributed by atoms with van der Waals surface area (Å²) in [5, 5.41) is -0.143. The topological polar surface area (TPSA) is 69.7 Å². The van der Waals surface area contributed by atoms with Gasteiger partial charge in [0.25, 0.3) is 0 Å². The zero-order chi connectivity index (χ0) is 13.8. The monoisotopic (exact) mass is 274 g/mol. The largest absolute Gasteiger partial charge is 0.508 e. The van der Waals surface area contributed by atoms with E-state index in [9.17, 15) is 14.4 Å². The molecular weight excluding hydrogens is 256 g/mol. The van der Waals surface area contributed by atoms with E-state index >= 15 is 0 Å². The molecule has 0 amide bonds. The van der Waals surface area contributed by atoms with Gasteiger partial charge in [-0.15, -0.1) is 0 Å². The Balaban J connectivity index is 2.14. The van der Waals surface area contributed by atoms with Crippen molar-refractivity contribution < 1.29 is 23.9 Å². The van der Waals surface area contributed by atoms with Crippen molar-refractivity contribution in [3.8, 4) is 0 Å². The Morgan fingerprint density at radius 1 is 1.39 bits per heavy atom. The fourth-order valence-corrected chi connectivity index (χ4v) is 2.38. The van der Waals surface area contributed by atoms with Crippen LogP contribution in [0.3, 0.4) is 0 Å². The molecule has 0 aromatic heterocycles. The lowest BCUT2D eigenvalue weighted by molar-refractivity contribution is -0.115. The summed E-state index contributed by atoms with van der Waals surface area (Å²) >= 11 is 0.790. The fourth-order valence-electron chi connectivity index (χ4n) is 1.51. The van der Waals surface area contributed by atoms with E-state index in [1.54, 1.807) is 20.8 Å². The number of rotatable bonds is 4.